The van der Waals surface area contributed by atoms with Gasteiger partial charge in [-0.3, -0.25) is 4.79 Å². The molecule has 0 spiro atoms. The monoisotopic (exact) mass is 516 g/mol. The average molecular weight is 517 g/mol. The smallest absolute Gasteiger partial charge is 0.323 e. The fraction of sp³-hybridized carbons (Fsp3) is 0.167. The molecule has 1 aliphatic rings. The standard InChI is InChI=1S/C24H22ClFN4O4S/c25-16-6-8-18(9-7-16)27-23(31)22-5-2-14-30(22)35(33,34)21-12-10-19(11-13-21)28-24(32)29-20-4-1-3-17(26)15-20/h1,3-4,6-13,15,22H,2,5,14H2,(H,27,31)(H2,28,29,32). The number of hydrogen-bond donors (Lipinski definition) is 3. The molecule has 0 aromatic heterocycles. The molecule has 1 saturated heterocycles. The first-order valence-electron chi connectivity index (χ1n) is 10.7. The average Bonchev–Trinajstić information content (AvgIpc) is 3.32. The molecule has 1 aliphatic heterocycles. The third kappa shape index (κ3) is 5.97. The quantitative estimate of drug-likeness (QED) is 0.432. The van der Waals surface area contributed by atoms with Crippen LogP contribution in [0.4, 0.5) is 26.2 Å². The largest absolute Gasteiger partial charge is 0.325 e. The van der Waals surface area contributed by atoms with Gasteiger partial charge in [-0.05, 0) is 79.6 Å². The van der Waals surface area contributed by atoms with Gasteiger partial charge < -0.3 is 16.0 Å². The molecule has 182 valence electrons. The molecule has 1 atom stereocenters. The maximum atomic E-state index is 13.3. The zero-order valence-corrected chi connectivity index (χ0v) is 19.9. The molecule has 4 rings (SSSR count). The minimum absolute atomic E-state index is 0.000202. The number of nitrogens with one attached hydrogen (secondary N) is 3. The lowest BCUT2D eigenvalue weighted by Crippen LogP contribution is -2.43. The van der Waals surface area contributed by atoms with Crippen LogP contribution in [0.1, 0.15) is 12.8 Å². The lowest BCUT2D eigenvalue weighted by molar-refractivity contribution is -0.119. The van der Waals surface area contributed by atoms with Crippen molar-refractivity contribution >= 4 is 50.6 Å². The van der Waals surface area contributed by atoms with Crippen molar-refractivity contribution in [1.82, 2.24) is 4.31 Å². The van der Waals surface area contributed by atoms with E-state index in [-0.39, 0.29) is 17.1 Å². The van der Waals surface area contributed by atoms with Crippen molar-refractivity contribution in [2.24, 2.45) is 0 Å². The maximum Gasteiger partial charge on any atom is 0.323 e. The molecule has 0 aliphatic carbocycles. The Morgan fingerprint density at radius 3 is 2.20 bits per heavy atom. The van der Waals surface area contributed by atoms with Gasteiger partial charge in [0.1, 0.15) is 11.9 Å². The molecular formula is C24H22ClFN4O4S. The number of anilines is 3. The van der Waals surface area contributed by atoms with Crippen LogP contribution in [-0.4, -0.2) is 37.2 Å². The highest BCUT2D eigenvalue weighted by molar-refractivity contribution is 7.89. The summed E-state index contributed by atoms with van der Waals surface area (Å²) in [6.45, 7) is 0.219. The van der Waals surface area contributed by atoms with Gasteiger partial charge in [0.2, 0.25) is 15.9 Å². The van der Waals surface area contributed by atoms with E-state index in [1.165, 1.54) is 52.8 Å². The molecule has 1 heterocycles. The van der Waals surface area contributed by atoms with Gasteiger partial charge >= 0.3 is 6.03 Å². The highest BCUT2D eigenvalue weighted by Crippen LogP contribution is 2.28. The van der Waals surface area contributed by atoms with Crippen molar-refractivity contribution in [2.75, 3.05) is 22.5 Å². The molecule has 0 saturated carbocycles. The number of hydrogen-bond acceptors (Lipinski definition) is 4. The van der Waals surface area contributed by atoms with E-state index < -0.39 is 33.8 Å². The second-order valence-corrected chi connectivity index (χ2v) is 10.2. The Hall–Kier alpha value is -3.47. The third-order valence-corrected chi connectivity index (χ3v) is 7.59. The van der Waals surface area contributed by atoms with Gasteiger partial charge in [0, 0.05) is 28.6 Å². The zero-order valence-electron chi connectivity index (χ0n) is 18.4. The van der Waals surface area contributed by atoms with Crippen molar-refractivity contribution in [2.45, 2.75) is 23.8 Å². The molecule has 0 bridgehead atoms. The summed E-state index contributed by atoms with van der Waals surface area (Å²) >= 11 is 5.87. The second-order valence-electron chi connectivity index (χ2n) is 7.88. The van der Waals surface area contributed by atoms with Crippen LogP contribution in [-0.2, 0) is 14.8 Å². The van der Waals surface area contributed by atoms with E-state index in [2.05, 4.69) is 16.0 Å². The summed E-state index contributed by atoms with van der Waals surface area (Å²) in [7, 11) is -3.95. The summed E-state index contributed by atoms with van der Waals surface area (Å²) in [4.78, 5) is 25.0. The molecule has 1 unspecified atom stereocenters. The highest BCUT2D eigenvalue weighted by Gasteiger charge is 2.39. The summed E-state index contributed by atoms with van der Waals surface area (Å²) in [5.41, 5.74) is 1.14. The molecule has 8 nitrogen and oxygen atoms in total. The summed E-state index contributed by atoms with van der Waals surface area (Å²) in [5, 5.41) is 8.32. The lowest BCUT2D eigenvalue weighted by Gasteiger charge is -2.23. The van der Waals surface area contributed by atoms with Crippen LogP contribution in [0.2, 0.25) is 5.02 Å². The van der Waals surface area contributed by atoms with E-state index >= 15 is 0 Å². The fourth-order valence-electron chi connectivity index (χ4n) is 3.75. The first kappa shape index (κ1) is 24.6. The number of carbonyl (C=O) groups is 2. The molecule has 3 amide bonds. The van der Waals surface area contributed by atoms with Crippen LogP contribution in [0.25, 0.3) is 0 Å². The summed E-state index contributed by atoms with van der Waals surface area (Å²) in [6, 6.07) is 16.1. The first-order valence-corrected chi connectivity index (χ1v) is 12.6. The Morgan fingerprint density at radius 1 is 0.886 bits per heavy atom. The molecule has 0 radical (unpaired) electrons. The van der Waals surface area contributed by atoms with Crippen LogP contribution >= 0.6 is 11.6 Å². The molecule has 3 N–H and O–H groups in total. The van der Waals surface area contributed by atoms with E-state index in [0.29, 0.717) is 29.2 Å². The number of urea groups is 1. The minimum Gasteiger partial charge on any atom is -0.325 e. The van der Waals surface area contributed by atoms with E-state index in [0.717, 1.165) is 0 Å². The van der Waals surface area contributed by atoms with Crippen molar-refractivity contribution in [3.05, 3.63) is 83.6 Å². The van der Waals surface area contributed by atoms with Crippen molar-refractivity contribution < 1.29 is 22.4 Å². The van der Waals surface area contributed by atoms with Crippen molar-refractivity contribution in [3.63, 3.8) is 0 Å². The van der Waals surface area contributed by atoms with Gasteiger partial charge in [-0.25, -0.2) is 17.6 Å². The lowest BCUT2D eigenvalue weighted by atomic mass is 10.2. The maximum absolute atomic E-state index is 13.3. The number of sulfonamides is 1. The number of rotatable bonds is 6. The Labute approximate surface area is 207 Å². The molecule has 3 aromatic rings. The third-order valence-electron chi connectivity index (χ3n) is 5.42. The topological polar surface area (TPSA) is 108 Å². The zero-order chi connectivity index (χ0) is 25.0. The first-order chi connectivity index (χ1) is 16.7. The van der Waals surface area contributed by atoms with Crippen LogP contribution < -0.4 is 16.0 Å². The van der Waals surface area contributed by atoms with Crippen molar-refractivity contribution in [1.29, 1.82) is 0 Å². The summed E-state index contributed by atoms with van der Waals surface area (Å²) < 4.78 is 41.0. The minimum atomic E-state index is -3.95. The van der Waals surface area contributed by atoms with Crippen LogP contribution in [0.15, 0.2) is 77.7 Å². The number of benzene rings is 3. The van der Waals surface area contributed by atoms with Gasteiger partial charge in [0.15, 0.2) is 0 Å². The molecule has 1 fully saturated rings. The molecule has 3 aromatic carbocycles. The van der Waals surface area contributed by atoms with Crippen LogP contribution in [0, 0.1) is 5.82 Å². The molecule has 35 heavy (non-hydrogen) atoms. The van der Waals surface area contributed by atoms with Gasteiger partial charge in [-0.15, -0.1) is 0 Å². The number of nitrogens with zero attached hydrogens (tertiary/aromatic N) is 1. The van der Waals surface area contributed by atoms with E-state index in [1.807, 2.05) is 0 Å². The Morgan fingerprint density at radius 2 is 1.51 bits per heavy atom. The van der Waals surface area contributed by atoms with Gasteiger partial charge in [0.25, 0.3) is 0 Å². The van der Waals surface area contributed by atoms with Gasteiger partial charge in [0.05, 0.1) is 4.90 Å². The second kappa shape index (κ2) is 10.4. The Balaban J connectivity index is 1.42. The van der Waals surface area contributed by atoms with E-state index in [1.54, 1.807) is 24.3 Å². The normalized spacial score (nSPS) is 16.0. The van der Waals surface area contributed by atoms with Gasteiger partial charge in [-0.2, -0.15) is 4.31 Å². The highest BCUT2D eigenvalue weighted by atomic mass is 35.5. The predicted molar refractivity (Wildman–Crippen MR) is 132 cm³/mol. The van der Waals surface area contributed by atoms with E-state index in [9.17, 15) is 22.4 Å². The summed E-state index contributed by atoms with van der Waals surface area (Å²) in [5.74, 6) is -0.903. The predicted octanol–water partition coefficient (Wildman–Crippen LogP) is 4.91. The van der Waals surface area contributed by atoms with Crippen LogP contribution in [0.5, 0.6) is 0 Å². The summed E-state index contributed by atoms with van der Waals surface area (Å²) in [6.07, 6.45) is 0.955. The van der Waals surface area contributed by atoms with Gasteiger partial charge in [-0.1, -0.05) is 17.7 Å². The van der Waals surface area contributed by atoms with E-state index in [4.69, 9.17) is 11.6 Å². The Bertz CT molecular complexity index is 1330. The fourth-order valence-corrected chi connectivity index (χ4v) is 5.54. The van der Waals surface area contributed by atoms with Crippen LogP contribution in [0.3, 0.4) is 0 Å². The van der Waals surface area contributed by atoms with Crippen molar-refractivity contribution in [3.8, 4) is 0 Å². The number of carbonyl (C=O) groups excluding carboxylic acids is 2. The number of halogens is 2. The SMILES string of the molecule is O=C(Nc1ccc(S(=O)(=O)N2CCCC2C(=O)Nc2ccc(Cl)cc2)cc1)Nc1cccc(F)c1. The molecular weight excluding hydrogens is 495 g/mol. The molecule has 11 heteroatoms. The number of amides is 3. The Kier molecular flexibility index (Phi) is 7.34.